The normalized spacial score (nSPS) is 13.7. The molecule has 0 atom stereocenters. The average Bonchev–Trinajstić information content (AvgIpc) is 3.24. The number of thiazole rings is 1. The number of esters is 1. The summed E-state index contributed by atoms with van der Waals surface area (Å²) in [6.07, 6.45) is 0. The second-order valence-electron chi connectivity index (χ2n) is 5.62. The van der Waals surface area contributed by atoms with Crippen molar-refractivity contribution in [1.82, 2.24) is 9.88 Å². The van der Waals surface area contributed by atoms with Gasteiger partial charge in [-0.15, -0.1) is 11.3 Å². The van der Waals surface area contributed by atoms with E-state index in [-0.39, 0.29) is 35.1 Å². The maximum atomic E-state index is 14.1. The van der Waals surface area contributed by atoms with Gasteiger partial charge in [0.1, 0.15) is 19.0 Å². The van der Waals surface area contributed by atoms with Gasteiger partial charge < -0.3 is 9.64 Å². The fourth-order valence-electron chi connectivity index (χ4n) is 2.43. The van der Waals surface area contributed by atoms with E-state index in [2.05, 4.69) is 4.98 Å². The summed E-state index contributed by atoms with van der Waals surface area (Å²) in [6.45, 7) is 1.65. The number of ether oxygens (including phenoxy) is 1. The number of hydrogen-bond donors (Lipinski definition) is 0. The summed E-state index contributed by atoms with van der Waals surface area (Å²) >= 11 is 2.31. The van der Waals surface area contributed by atoms with Crippen LogP contribution in [0.5, 0.6) is 0 Å². The van der Waals surface area contributed by atoms with Gasteiger partial charge in [-0.3, -0.25) is 19.3 Å². The Hall–Kier alpha value is -2.46. The molecule has 0 N–H and O–H groups in total. The molecule has 2 aromatic rings. The maximum Gasteiger partial charge on any atom is 0.326 e. The zero-order valence-electron chi connectivity index (χ0n) is 14.4. The van der Waals surface area contributed by atoms with Gasteiger partial charge in [0.2, 0.25) is 5.91 Å². The number of para-hydroxylation sites is 1. The minimum absolute atomic E-state index is 0.0898. The van der Waals surface area contributed by atoms with Gasteiger partial charge >= 0.3 is 5.97 Å². The van der Waals surface area contributed by atoms with Gasteiger partial charge in [0.25, 0.3) is 5.24 Å². The molecule has 1 saturated heterocycles. The Kier molecular flexibility index (Phi) is 6.07. The number of benzene rings is 1. The minimum Gasteiger partial charge on any atom is -0.458 e. The number of amides is 2. The lowest BCUT2D eigenvalue weighted by atomic mass is 10.3. The monoisotopic (exact) mass is 409 g/mol. The summed E-state index contributed by atoms with van der Waals surface area (Å²) in [5.74, 6) is -0.789. The highest BCUT2D eigenvalue weighted by atomic mass is 32.2. The van der Waals surface area contributed by atoms with Crippen molar-refractivity contribution < 1.29 is 23.5 Å². The molecule has 3 rings (SSSR count). The molecule has 1 aliphatic rings. The molecule has 27 heavy (non-hydrogen) atoms. The van der Waals surface area contributed by atoms with Crippen LogP contribution in [-0.2, 0) is 20.9 Å². The van der Waals surface area contributed by atoms with Crippen LogP contribution in [0.2, 0.25) is 0 Å². The fraction of sp³-hybridized carbons (Fsp3) is 0.294. The molecule has 2 amide bonds. The van der Waals surface area contributed by atoms with Crippen LogP contribution >= 0.6 is 23.1 Å². The Balaban J connectivity index is 1.64. The zero-order chi connectivity index (χ0) is 19.4. The summed E-state index contributed by atoms with van der Waals surface area (Å²) in [5.41, 5.74) is 0.543. The first kappa shape index (κ1) is 19.3. The van der Waals surface area contributed by atoms with Gasteiger partial charge in [-0.05, 0) is 12.1 Å². The fourth-order valence-corrected chi connectivity index (χ4v) is 4.12. The van der Waals surface area contributed by atoms with Crippen LogP contribution in [-0.4, -0.2) is 45.8 Å². The molecule has 1 fully saturated rings. The summed E-state index contributed by atoms with van der Waals surface area (Å²) in [7, 11) is 0. The summed E-state index contributed by atoms with van der Waals surface area (Å²) in [6, 6.07) is 5.92. The molecule has 142 valence electrons. The first-order valence-corrected chi connectivity index (χ1v) is 9.89. The van der Waals surface area contributed by atoms with E-state index in [1.165, 1.54) is 46.7 Å². The molecule has 0 aliphatic carbocycles. The van der Waals surface area contributed by atoms with Crippen molar-refractivity contribution in [3.05, 3.63) is 41.2 Å². The topological polar surface area (TPSA) is 79.8 Å². The highest BCUT2D eigenvalue weighted by molar-refractivity contribution is 8.13. The van der Waals surface area contributed by atoms with Crippen LogP contribution in [0.25, 0.3) is 0 Å². The molecule has 0 bridgehead atoms. The predicted octanol–water partition coefficient (Wildman–Crippen LogP) is 3.18. The van der Waals surface area contributed by atoms with Crippen molar-refractivity contribution in [3.8, 4) is 0 Å². The van der Waals surface area contributed by atoms with E-state index in [0.29, 0.717) is 18.0 Å². The van der Waals surface area contributed by atoms with Crippen LogP contribution in [0.15, 0.2) is 29.6 Å². The van der Waals surface area contributed by atoms with E-state index in [0.717, 1.165) is 11.3 Å². The van der Waals surface area contributed by atoms with Crippen LogP contribution in [0.4, 0.5) is 20.0 Å². The number of carbonyl (C=O) groups is 3. The van der Waals surface area contributed by atoms with E-state index in [1.54, 1.807) is 11.4 Å². The standard InChI is InChI=1S/C17H16FN3O4S2/c1-11(22)21(14-5-3-2-4-13(14)18)16-19-12(10-27-16)9-25-15(23)8-20-6-7-26-17(20)24/h2-5,10H,6-9H2,1H3. The molecule has 0 saturated carbocycles. The lowest BCUT2D eigenvalue weighted by Crippen LogP contribution is -2.30. The molecular formula is C17H16FN3O4S2. The van der Waals surface area contributed by atoms with Crippen LogP contribution in [0, 0.1) is 5.82 Å². The number of carbonyl (C=O) groups excluding carboxylic acids is 3. The summed E-state index contributed by atoms with van der Waals surface area (Å²) in [4.78, 5) is 42.2. The zero-order valence-corrected chi connectivity index (χ0v) is 16.0. The van der Waals surface area contributed by atoms with Gasteiger partial charge in [-0.2, -0.15) is 0 Å². The number of aromatic nitrogens is 1. The molecule has 0 spiro atoms. The Bertz CT molecular complexity index is 873. The van der Waals surface area contributed by atoms with Crippen molar-refractivity contribution in [1.29, 1.82) is 0 Å². The van der Waals surface area contributed by atoms with E-state index < -0.39 is 11.8 Å². The van der Waals surface area contributed by atoms with Crippen LogP contribution < -0.4 is 4.90 Å². The quantitative estimate of drug-likeness (QED) is 0.682. The SMILES string of the molecule is CC(=O)N(c1nc(COC(=O)CN2CCSC2=O)cs1)c1ccccc1F. The lowest BCUT2D eigenvalue weighted by Gasteiger charge is -2.18. The number of nitrogens with zero attached hydrogens (tertiary/aromatic N) is 3. The first-order valence-electron chi connectivity index (χ1n) is 8.02. The molecule has 1 aromatic carbocycles. The van der Waals surface area contributed by atoms with E-state index in [1.807, 2.05) is 0 Å². The van der Waals surface area contributed by atoms with Gasteiger partial charge in [0.05, 0.1) is 11.4 Å². The Morgan fingerprint density at radius 3 is 2.81 bits per heavy atom. The van der Waals surface area contributed by atoms with E-state index in [9.17, 15) is 18.8 Å². The number of rotatable bonds is 6. The van der Waals surface area contributed by atoms with Gasteiger partial charge in [-0.25, -0.2) is 9.37 Å². The maximum absolute atomic E-state index is 14.1. The molecule has 1 aliphatic heterocycles. The number of hydrogen-bond acceptors (Lipinski definition) is 7. The van der Waals surface area contributed by atoms with E-state index in [4.69, 9.17) is 4.74 Å². The third-order valence-corrected chi connectivity index (χ3v) is 5.45. The summed E-state index contributed by atoms with van der Waals surface area (Å²) < 4.78 is 19.2. The highest BCUT2D eigenvalue weighted by Crippen LogP contribution is 2.30. The molecule has 1 aromatic heterocycles. The lowest BCUT2D eigenvalue weighted by molar-refractivity contribution is -0.145. The van der Waals surface area contributed by atoms with Crippen molar-refractivity contribution in [3.63, 3.8) is 0 Å². The molecular weight excluding hydrogens is 393 g/mol. The van der Waals surface area contributed by atoms with Gasteiger partial charge in [0.15, 0.2) is 5.13 Å². The van der Waals surface area contributed by atoms with Crippen molar-refractivity contribution in [2.24, 2.45) is 0 Å². The van der Waals surface area contributed by atoms with Crippen LogP contribution in [0.3, 0.4) is 0 Å². The Morgan fingerprint density at radius 2 is 2.15 bits per heavy atom. The van der Waals surface area contributed by atoms with Crippen LogP contribution in [0.1, 0.15) is 12.6 Å². The number of anilines is 2. The van der Waals surface area contributed by atoms with Gasteiger partial charge in [0, 0.05) is 24.6 Å². The van der Waals surface area contributed by atoms with Crippen molar-refractivity contribution >= 4 is 51.0 Å². The van der Waals surface area contributed by atoms with Gasteiger partial charge in [-0.1, -0.05) is 23.9 Å². The third-order valence-electron chi connectivity index (χ3n) is 3.69. The summed E-state index contributed by atoms with van der Waals surface area (Å²) in [5, 5.41) is 1.78. The second-order valence-corrected chi connectivity index (χ2v) is 7.51. The molecule has 7 nitrogen and oxygen atoms in total. The first-order chi connectivity index (χ1) is 13.0. The van der Waals surface area contributed by atoms with Crippen molar-refractivity contribution in [2.45, 2.75) is 13.5 Å². The highest BCUT2D eigenvalue weighted by Gasteiger charge is 2.24. The van der Waals surface area contributed by atoms with E-state index >= 15 is 0 Å². The number of halogens is 1. The number of thioether (sulfide) groups is 1. The smallest absolute Gasteiger partial charge is 0.326 e. The Morgan fingerprint density at radius 1 is 1.37 bits per heavy atom. The molecule has 0 unspecified atom stereocenters. The second kappa shape index (κ2) is 8.49. The third kappa shape index (κ3) is 4.64. The molecule has 2 heterocycles. The minimum atomic E-state index is -0.538. The molecule has 10 heteroatoms. The molecule has 0 radical (unpaired) electrons. The van der Waals surface area contributed by atoms with Crippen molar-refractivity contribution in [2.75, 3.05) is 23.7 Å². The average molecular weight is 409 g/mol. The Labute approximate surface area is 163 Å². The largest absolute Gasteiger partial charge is 0.458 e. The predicted molar refractivity (Wildman–Crippen MR) is 101 cm³/mol.